The fourth-order valence-corrected chi connectivity index (χ4v) is 3.53. The Morgan fingerprint density at radius 1 is 1.24 bits per heavy atom. The average Bonchev–Trinajstić information content (AvgIpc) is 2.50. The van der Waals surface area contributed by atoms with Crippen molar-refractivity contribution >= 4 is 0 Å². The van der Waals surface area contributed by atoms with E-state index in [0.29, 0.717) is 18.1 Å². The van der Waals surface area contributed by atoms with E-state index in [1.165, 1.54) is 37.7 Å². The summed E-state index contributed by atoms with van der Waals surface area (Å²) >= 11 is 0. The van der Waals surface area contributed by atoms with Crippen molar-refractivity contribution in [1.29, 1.82) is 0 Å². The molecule has 2 fully saturated rings. The fourth-order valence-electron chi connectivity index (χ4n) is 3.53. The van der Waals surface area contributed by atoms with Gasteiger partial charge in [-0.2, -0.15) is 0 Å². The Morgan fingerprint density at radius 3 is 2.86 bits per heavy atom. The molecule has 1 aromatic rings. The number of hydrogen-bond acceptors (Lipinski definition) is 3. The molecule has 1 saturated carbocycles. The second-order valence-corrected chi connectivity index (χ2v) is 6.34. The maximum atomic E-state index is 5.78. The van der Waals surface area contributed by atoms with Gasteiger partial charge in [-0.15, -0.1) is 0 Å². The molecule has 3 heteroatoms. The number of para-hydroxylation sites is 1. The molecule has 2 aliphatic rings. The average molecular weight is 289 g/mol. The highest BCUT2D eigenvalue weighted by molar-refractivity contribution is 5.37. The first-order valence-electron chi connectivity index (χ1n) is 8.34. The molecule has 21 heavy (non-hydrogen) atoms. The van der Waals surface area contributed by atoms with Crippen molar-refractivity contribution in [2.45, 2.75) is 56.6 Å². The molecule has 1 aromatic carbocycles. The van der Waals surface area contributed by atoms with Gasteiger partial charge in [-0.05, 0) is 62.6 Å². The normalized spacial score (nSPS) is 28.9. The van der Waals surface area contributed by atoms with Crippen LogP contribution in [-0.2, 0) is 4.74 Å². The van der Waals surface area contributed by atoms with Crippen LogP contribution in [0.15, 0.2) is 24.3 Å². The molecule has 3 rings (SSSR count). The van der Waals surface area contributed by atoms with Crippen molar-refractivity contribution in [3.8, 4) is 5.75 Å². The van der Waals surface area contributed by atoms with Crippen molar-refractivity contribution < 1.29 is 9.47 Å². The van der Waals surface area contributed by atoms with E-state index in [0.717, 1.165) is 25.3 Å². The van der Waals surface area contributed by atoms with Crippen molar-refractivity contribution in [1.82, 2.24) is 5.32 Å². The first-order valence-corrected chi connectivity index (χ1v) is 8.34. The van der Waals surface area contributed by atoms with Gasteiger partial charge in [0, 0.05) is 12.6 Å². The highest BCUT2D eigenvalue weighted by atomic mass is 16.5. The lowest BCUT2D eigenvalue weighted by Gasteiger charge is -2.37. The number of benzene rings is 1. The van der Waals surface area contributed by atoms with Gasteiger partial charge in [0.15, 0.2) is 0 Å². The Hall–Kier alpha value is -1.06. The predicted octanol–water partition coefficient (Wildman–Crippen LogP) is 3.49. The Morgan fingerprint density at radius 2 is 2.10 bits per heavy atom. The van der Waals surface area contributed by atoms with E-state index in [4.69, 9.17) is 9.47 Å². The van der Waals surface area contributed by atoms with Crippen LogP contribution < -0.4 is 10.1 Å². The number of ether oxygens (including phenoxy) is 2. The summed E-state index contributed by atoms with van der Waals surface area (Å²) in [6, 6.07) is 9.09. The van der Waals surface area contributed by atoms with Crippen LogP contribution in [-0.4, -0.2) is 32.4 Å². The lowest BCUT2D eigenvalue weighted by Crippen LogP contribution is -2.41. The minimum absolute atomic E-state index is 0.497. The molecule has 0 aromatic heterocycles. The maximum Gasteiger partial charge on any atom is 0.122 e. The third-order valence-electron chi connectivity index (χ3n) is 4.89. The fraction of sp³-hybridized carbons (Fsp3) is 0.667. The molecule has 1 N–H and O–H groups in total. The molecule has 1 heterocycles. The van der Waals surface area contributed by atoms with E-state index in [-0.39, 0.29) is 0 Å². The minimum atomic E-state index is 0.497. The number of hydrogen-bond donors (Lipinski definition) is 1. The van der Waals surface area contributed by atoms with Crippen LogP contribution in [0.25, 0.3) is 0 Å². The highest BCUT2D eigenvalue weighted by Gasteiger charge is 2.31. The second kappa shape index (κ2) is 7.28. The summed E-state index contributed by atoms with van der Waals surface area (Å²) in [5.41, 5.74) is 1.37. The van der Waals surface area contributed by atoms with Crippen LogP contribution in [0.4, 0.5) is 0 Å². The van der Waals surface area contributed by atoms with E-state index in [1.54, 1.807) is 7.11 Å². The Kier molecular flexibility index (Phi) is 5.15. The second-order valence-electron chi connectivity index (χ2n) is 6.34. The quantitative estimate of drug-likeness (QED) is 0.869. The lowest BCUT2D eigenvalue weighted by atomic mass is 9.75. The maximum absolute atomic E-state index is 5.78. The van der Waals surface area contributed by atoms with Gasteiger partial charge in [0.25, 0.3) is 0 Å². The zero-order chi connectivity index (χ0) is 14.5. The van der Waals surface area contributed by atoms with Gasteiger partial charge < -0.3 is 14.8 Å². The predicted molar refractivity (Wildman–Crippen MR) is 85.0 cm³/mol. The number of nitrogens with one attached hydrogen (secondary N) is 1. The summed E-state index contributed by atoms with van der Waals surface area (Å²) in [6.07, 6.45) is 7.94. The molecule has 1 saturated heterocycles. The van der Waals surface area contributed by atoms with Crippen molar-refractivity contribution in [2.75, 3.05) is 20.3 Å². The van der Waals surface area contributed by atoms with Crippen molar-refractivity contribution in [2.24, 2.45) is 0 Å². The molecule has 1 unspecified atom stereocenters. The standard InChI is InChI=1S/C18H27NO2/c1-20-18-8-3-2-7-17(18)14-12-15(13-14)19-10-9-16-6-4-5-11-21-16/h2-3,7-8,14-16,19H,4-6,9-13H2,1H3. The topological polar surface area (TPSA) is 30.5 Å². The molecular weight excluding hydrogens is 262 g/mol. The molecule has 0 amide bonds. The lowest BCUT2D eigenvalue weighted by molar-refractivity contribution is 0.0107. The van der Waals surface area contributed by atoms with Crippen molar-refractivity contribution in [3.63, 3.8) is 0 Å². The summed E-state index contributed by atoms with van der Waals surface area (Å²) in [6.45, 7) is 2.05. The molecular formula is C18H27NO2. The monoisotopic (exact) mass is 289 g/mol. The van der Waals surface area contributed by atoms with Gasteiger partial charge in [-0.25, -0.2) is 0 Å². The third-order valence-corrected chi connectivity index (χ3v) is 4.89. The highest BCUT2D eigenvalue weighted by Crippen LogP contribution is 2.40. The van der Waals surface area contributed by atoms with Gasteiger partial charge in [0.1, 0.15) is 5.75 Å². The number of methoxy groups -OCH3 is 1. The number of rotatable bonds is 6. The minimum Gasteiger partial charge on any atom is -0.496 e. The summed E-state index contributed by atoms with van der Waals surface area (Å²) in [5, 5.41) is 3.68. The first kappa shape index (κ1) is 14.9. The molecule has 0 radical (unpaired) electrons. The van der Waals surface area contributed by atoms with Crippen LogP contribution in [0.2, 0.25) is 0 Å². The van der Waals surface area contributed by atoms with Crippen LogP contribution in [0.5, 0.6) is 5.75 Å². The van der Waals surface area contributed by atoms with Gasteiger partial charge >= 0.3 is 0 Å². The Bertz CT molecular complexity index is 437. The van der Waals surface area contributed by atoms with E-state index in [2.05, 4.69) is 23.5 Å². The molecule has 116 valence electrons. The summed E-state index contributed by atoms with van der Waals surface area (Å²) in [7, 11) is 1.76. The van der Waals surface area contributed by atoms with Crippen LogP contribution >= 0.6 is 0 Å². The van der Waals surface area contributed by atoms with Gasteiger partial charge in [-0.3, -0.25) is 0 Å². The molecule has 0 bridgehead atoms. The zero-order valence-electron chi connectivity index (χ0n) is 13.0. The van der Waals surface area contributed by atoms with Crippen LogP contribution in [0.1, 0.15) is 50.0 Å². The molecule has 3 nitrogen and oxygen atoms in total. The first-order chi connectivity index (χ1) is 10.4. The molecule has 1 aliphatic carbocycles. The van der Waals surface area contributed by atoms with Crippen LogP contribution in [0.3, 0.4) is 0 Å². The van der Waals surface area contributed by atoms with Gasteiger partial charge in [-0.1, -0.05) is 18.2 Å². The van der Waals surface area contributed by atoms with Gasteiger partial charge in [0.05, 0.1) is 13.2 Å². The third kappa shape index (κ3) is 3.78. The molecule has 1 aliphatic heterocycles. The van der Waals surface area contributed by atoms with Crippen LogP contribution in [0, 0.1) is 0 Å². The Labute approximate surface area is 128 Å². The molecule has 1 atom stereocenters. The largest absolute Gasteiger partial charge is 0.496 e. The smallest absolute Gasteiger partial charge is 0.122 e. The SMILES string of the molecule is COc1ccccc1C1CC(NCCC2CCCCO2)C1. The summed E-state index contributed by atoms with van der Waals surface area (Å²) in [4.78, 5) is 0. The van der Waals surface area contributed by atoms with Crippen molar-refractivity contribution in [3.05, 3.63) is 29.8 Å². The zero-order valence-corrected chi connectivity index (χ0v) is 13.0. The molecule has 0 spiro atoms. The van der Waals surface area contributed by atoms with E-state index in [9.17, 15) is 0 Å². The van der Waals surface area contributed by atoms with E-state index in [1.807, 2.05) is 6.07 Å². The van der Waals surface area contributed by atoms with E-state index < -0.39 is 0 Å². The van der Waals surface area contributed by atoms with Gasteiger partial charge in [0.2, 0.25) is 0 Å². The van der Waals surface area contributed by atoms with E-state index >= 15 is 0 Å². The Balaban J connectivity index is 1.37. The summed E-state index contributed by atoms with van der Waals surface area (Å²) in [5.74, 6) is 1.70. The summed E-state index contributed by atoms with van der Waals surface area (Å²) < 4.78 is 11.2.